The topological polar surface area (TPSA) is 85.0 Å². The maximum atomic E-state index is 12.5. The molecule has 2 aromatic carbocycles. The number of quaternary nitrogens is 1. The van der Waals surface area contributed by atoms with Gasteiger partial charge in [0.25, 0.3) is 5.91 Å². The molecule has 0 atom stereocenters. The Hall–Kier alpha value is -3.32. The molecule has 2 amide bonds. The van der Waals surface area contributed by atoms with Crippen LogP contribution in [0.5, 0.6) is 5.75 Å². The molecule has 0 saturated carbocycles. The van der Waals surface area contributed by atoms with Gasteiger partial charge in [-0.2, -0.15) is 0 Å². The maximum absolute atomic E-state index is 12.5. The van der Waals surface area contributed by atoms with Crippen LogP contribution in [0.3, 0.4) is 0 Å². The Bertz CT molecular complexity index is 1020. The van der Waals surface area contributed by atoms with E-state index in [1.165, 1.54) is 4.90 Å². The number of furan rings is 1. The van der Waals surface area contributed by atoms with Gasteiger partial charge in [0.05, 0.1) is 46.0 Å². The summed E-state index contributed by atoms with van der Waals surface area (Å²) < 4.78 is 10.7. The fraction of sp³-hybridized carbons (Fsp3) is 0.333. The third-order valence-corrected chi connectivity index (χ3v) is 5.41. The van der Waals surface area contributed by atoms with E-state index in [4.69, 9.17) is 9.15 Å². The molecule has 1 heterocycles. The molecule has 3 rings (SSSR count). The zero-order chi connectivity index (χ0) is 22.2. The minimum Gasteiger partial charge on any atom is -0.497 e. The van der Waals surface area contributed by atoms with E-state index in [9.17, 15) is 9.59 Å². The van der Waals surface area contributed by atoms with Crippen molar-refractivity contribution < 1.29 is 23.6 Å². The van der Waals surface area contributed by atoms with E-state index < -0.39 is 0 Å². The van der Waals surface area contributed by atoms with Gasteiger partial charge in [0.1, 0.15) is 11.3 Å². The highest BCUT2D eigenvalue weighted by molar-refractivity contribution is 5.97. The Balaban J connectivity index is 1.53. The quantitative estimate of drug-likeness (QED) is 0.466. The summed E-state index contributed by atoms with van der Waals surface area (Å²) in [7, 11) is 1.60. The normalized spacial score (nSPS) is 11.0. The van der Waals surface area contributed by atoms with Crippen molar-refractivity contribution in [3.8, 4) is 5.75 Å². The number of fused-ring (bicyclic) bond motifs is 1. The van der Waals surface area contributed by atoms with Gasteiger partial charge in [0, 0.05) is 28.3 Å². The first kappa shape index (κ1) is 22.4. The number of nitrogens with one attached hydrogen (secondary N) is 3. The lowest BCUT2D eigenvalue weighted by Gasteiger charge is -2.15. The highest BCUT2D eigenvalue weighted by Gasteiger charge is 2.12. The van der Waals surface area contributed by atoms with Gasteiger partial charge in [0.2, 0.25) is 5.91 Å². The van der Waals surface area contributed by atoms with Crippen molar-refractivity contribution in [3.63, 3.8) is 0 Å². The Labute approximate surface area is 182 Å². The second-order valence-corrected chi connectivity index (χ2v) is 7.39. The molecule has 0 radical (unpaired) electrons. The molecule has 0 unspecified atom stereocenters. The van der Waals surface area contributed by atoms with Gasteiger partial charge in [-0.3, -0.25) is 9.59 Å². The predicted molar refractivity (Wildman–Crippen MR) is 121 cm³/mol. The SMILES string of the molecule is CC[NH+](CC)CCNC(=O)c1ccc(NC(=O)Cc2coc3cc(OC)ccc23)cc1. The number of carbonyl (C=O) groups excluding carboxylic acids is 2. The Morgan fingerprint density at radius 1 is 1.06 bits per heavy atom. The van der Waals surface area contributed by atoms with Gasteiger partial charge in [-0.15, -0.1) is 0 Å². The number of rotatable bonds is 10. The Morgan fingerprint density at radius 2 is 1.81 bits per heavy atom. The highest BCUT2D eigenvalue weighted by Crippen LogP contribution is 2.26. The molecular formula is C24H30N3O4+. The van der Waals surface area contributed by atoms with Gasteiger partial charge in [-0.25, -0.2) is 0 Å². The first-order valence-electron chi connectivity index (χ1n) is 10.6. The van der Waals surface area contributed by atoms with Crippen LogP contribution in [0, 0.1) is 0 Å². The lowest BCUT2D eigenvalue weighted by molar-refractivity contribution is -0.895. The van der Waals surface area contributed by atoms with E-state index in [1.807, 2.05) is 12.1 Å². The number of hydrogen-bond acceptors (Lipinski definition) is 4. The van der Waals surface area contributed by atoms with Crippen LogP contribution in [0.1, 0.15) is 29.8 Å². The second kappa shape index (κ2) is 10.6. The number of ether oxygens (including phenoxy) is 1. The summed E-state index contributed by atoms with van der Waals surface area (Å²) in [6.07, 6.45) is 1.78. The van der Waals surface area contributed by atoms with Crippen molar-refractivity contribution in [2.75, 3.05) is 38.6 Å². The Kier molecular flexibility index (Phi) is 7.67. The van der Waals surface area contributed by atoms with Crippen molar-refractivity contribution in [1.82, 2.24) is 5.32 Å². The fourth-order valence-electron chi connectivity index (χ4n) is 3.47. The van der Waals surface area contributed by atoms with Crippen LogP contribution >= 0.6 is 0 Å². The molecule has 31 heavy (non-hydrogen) atoms. The van der Waals surface area contributed by atoms with Gasteiger partial charge in [-0.05, 0) is 50.2 Å². The fourth-order valence-corrected chi connectivity index (χ4v) is 3.47. The first-order valence-corrected chi connectivity index (χ1v) is 10.6. The zero-order valence-electron chi connectivity index (χ0n) is 18.3. The predicted octanol–water partition coefficient (Wildman–Crippen LogP) is 2.28. The number of anilines is 1. The lowest BCUT2D eigenvalue weighted by atomic mass is 10.1. The molecule has 7 nitrogen and oxygen atoms in total. The summed E-state index contributed by atoms with van der Waals surface area (Å²) in [6.45, 7) is 7.91. The van der Waals surface area contributed by atoms with Crippen LogP contribution in [-0.4, -0.2) is 45.1 Å². The third kappa shape index (κ3) is 5.86. The van der Waals surface area contributed by atoms with Gasteiger partial charge < -0.3 is 24.7 Å². The summed E-state index contributed by atoms with van der Waals surface area (Å²) in [5, 5.41) is 6.70. The van der Waals surface area contributed by atoms with E-state index in [1.54, 1.807) is 43.7 Å². The van der Waals surface area contributed by atoms with E-state index in [0.29, 0.717) is 29.1 Å². The van der Waals surface area contributed by atoms with Gasteiger partial charge in [0.15, 0.2) is 0 Å². The first-order chi connectivity index (χ1) is 15.0. The molecule has 0 saturated heterocycles. The van der Waals surface area contributed by atoms with Crippen LogP contribution in [-0.2, 0) is 11.2 Å². The van der Waals surface area contributed by atoms with Crippen molar-refractivity contribution >= 4 is 28.5 Å². The summed E-state index contributed by atoms with van der Waals surface area (Å²) in [4.78, 5) is 26.2. The molecule has 3 aromatic rings. The molecule has 3 N–H and O–H groups in total. The van der Waals surface area contributed by atoms with Crippen LogP contribution in [0.2, 0.25) is 0 Å². The summed E-state index contributed by atoms with van der Waals surface area (Å²) in [5.74, 6) is 0.443. The molecule has 0 aliphatic heterocycles. The summed E-state index contributed by atoms with van der Waals surface area (Å²) >= 11 is 0. The molecule has 0 fully saturated rings. The summed E-state index contributed by atoms with van der Waals surface area (Å²) in [6, 6.07) is 12.4. The van der Waals surface area contributed by atoms with Gasteiger partial charge >= 0.3 is 0 Å². The van der Waals surface area contributed by atoms with E-state index in [2.05, 4.69) is 24.5 Å². The lowest BCUT2D eigenvalue weighted by Crippen LogP contribution is -3.12. The molecule has 164 valence electrons. The van der Waals surface area contributed by atoms with Crippen molar-refractivity contribution in [2.24, 2.45) is 0 Å². The second-order valence-electron chi connectivity index (χ2n) is 7.39. The largest absolute Gasteiger partial charge is 0.497 e. The van der Waals surface area contributed by atoms with Crippen LogP contribution in [0.25, 0.3) is 11.0 Å². The van der Waals surface area contributed by atoms with Crippen molar-refractivity contribution in [3.05, 3.63) is 59.9 Å². The molecule has 7 heteroatoms. The highest BCUT2D eigenvalue weighted by atomic mass is 16.5. The third-order valence-electron chi connectivity index (χ3n) is 5.41. The minimum absolute atomic E-state index is 0.107. The number of hydrogen-bond donors (Lipinski definition) is 3. The molecule has 0 aliphatic rings. The van der Waals surface area contributed by atoms with Gasteiger partial charge in [-0.1, -0.05) is 0 Å². The number of methoxy groups -OCH3 is 1. The average molecular weight is 425 g/mol. The number of benzene rings is 2. The molecular weight excluding hydrogens is 394 g/mol. The smallest absolute Gasteiger partial charge is 0.251 e. The standard InChI is InChI=1S/C24H29N3O4/c1-4-27(5-2)13-12-25-24(29)17-6-8-19(9-7-17)26-23(28)14-18-16-31-22-15-20(30-3)10-11-21(18)22/h6-11,15-16H,4-5,12-14H2,1-3H3,(H,25,29)(H,26,28)/p+1. The van der Waals surface area contributed by atoms with Crippen LogP contribution in [0.15, 0.2) is 53.1 Å². The Morgan fingerprint density at radius 3 is 2.48 bits per heavy atom. The average Bonchev–Trinajstić information content (AvgIpc) is 3.18. The molecule has 0 bridgehead atoms. The molecule has 1 aromatic heterocycles. The van der Waals surface area contributed by atoms with E-state index in [-0.39, 0.29) is 18.2 Å². The maximum Gasteiger partial charge on any atom is 0.251 e. The zero-order valence-corrected chi connectivity index (χ0v) is 18.3. The van der Waals surface area contributed by atoms with Crippen molar-refractivity contribution in [1.29, 1.82) is 0 Å². The van der Waals surface area contributed by atoms with E-state index in [0.717, 1.165) is 30.6 Å². The monoisotopic (exact) mass is 424 g/mol. The van der Waals surface area contributed by atoms with Crippen molar-refractivity contribution in [2.45, 2.75) is 20.3 Å². The molecule has 0 spiro atoms. The number of carbonyl (C=O) groups is 2. The minimum atomic E-state index is -0.155. The van der Waals surface area contributed by atoms with Crippen LogP contribution in [0.4, 0.5) is 5.69 Å². The van der Waals surface area contributed by atoms with Crippen LogP contribution < -0.4 is 20.3 Å². The molecule has 0 aliphatic carbocycles. The van der Waals surface area contributed by atoms with E-state index >= 15 is 0 Å². The number of amides is 2. The summed E-state index contributed by atoms with van der Waals surface area (Å²) in [5.41, 5.74) is 2.70. The number of likely N-dealkylation sites (N-methyl/N-ethyl adjacent to an activating group) is 1.